The van der Waals surface area contributed by atoms with E-state index in [9.17, 15) is 20.1 Å². The molecule has 4 rings (SSSR count). The topological polar surface area (TPSA) is 94.1 Å². The van der Waals surface area contributed by atoms with Crippen LogP contribution < -0.4 is 5.43 Å². The number of phenols is 2. The molecule has 1 aliphatic rings. The number of likely N-dealkylation sites (tertiary alicyclic amines) is 1. The smallest absolute Gasteiger partial charge is 0.197 e. The highest BCUT2D eigenvalue weighted by molar-refractivity contribution is 6.33. The predicted octanol–water partition coefficient (Wildman–Crippen LogP) is 3.30. The first-order valence-electron chi connectivity index (χ1n) is 9.45. The lowest BCUT2D eigenvalue weighted by molar-refractivity contribution is 0.0630. The van der Waals surface area contributed by atoms with Crippen LogP contribution in [0.1, 0.15) is 19.3 Å². The maximum Gasteiger partial charge on any atom is 0.197 e. The Bertz CT molecular complexity index is 1150. The average molecular weight is 403 g/mol. The molecule has 1 aliphatic heterocycles. The number of halogens is 1. The highest BCUT2D eigenvalue weighted by Gasteiger charge is 2.33. The van der Waals surface area contributed by atoms with Gasteiger partial charge in [-0.1, -0.05) is 23.7 Å². The molecule has 0 spiro atoms. The Morgan fingerprint density at radius 3 is 2.75 bits per heavy atom. The lowest BCUT2D eigenvalue weighted by Crippen LogP contribution is -2.40. The van der Waals surface area contributed by atoms with Crippen molar-refractivity contribution in [3.63, 3.8) is 0 Å². The molecule has 0 saturated carbocycles. The Kier molecular flexibility index (Phi) is 4.47. The average Bonchev–Trinajstić information content (AvgIpc) is 2.67. The van der Waals surface area contributed by atoms with Crippen LogP contribution in [0.25, 0.3) is 22.3 Å². The third-order valence-electron chi connectivity index (χ3n) is 5.12. The molecule has 28 heavy (non-hydrogen) atoms. The molecule has 1 aromatic heterocycles. The second-order valence-electron chi connectivity index (χ2n) is 7.00. The van der Waals surface area contributed by atoms with Crippen molar-refractivity contribution in [2.75, 3.05) is 20.1 Å². The second kappa shape index (κ2) is 7.13. The molecule has 3 N–H and O–H groups in total. The van der Waals surface area contributed by atoms with E-state index in [0.29, 0.717) is 23.6 Å². The van der Waals surface area contributed by atoms with Crippen molar-refractivity contribution < 1.29 is 21.1 Å². The summed E-state index contributed by atoms with van der Waals surface area (Å²) in [7, 11) is 1.74. The number of benzene rings is 2. The van der Waals surface area contributed by atoms with E-state index in [1.165, 1.54) is 6.07 Å². The van der Waals surface area contributed by atoms with E-state index in [0.717, 1.165) is 6.07 Å². The number of aliphatic hydroxyl groups excluding tert-OH is 1. The van der Waals surface area contributed by atoms with Crippen LogP contribution >= 0.6 is 11.6 Å². The zero-order valence-electron chi connectivity index (χ0n) is 16.1. The van der Waals surface area contributed by atoms with Gasteiger partial charge in [0.05, 0.1) is 11.1 Å². The summed E-state index contributed by atoms with van der Waals surface area (Å²) in [6, 6.07) is 9.16. The van der Waals surface area contributed by atoms with Crippen molar-refractivity contribution in [2.45, 2.75) is 18.4 Å². The first-order valence-corrected chi connectivity index (χ1v) is 9.25. The molecule has 146 valence electrons. The van der Waals surface area contributed by atoms with Crippen molar-refractivity contribution >= 4 is 22.6 Å². The van der Waals surface area contributed by atoms with Crippen LogP contribution in [0.5, 0.6) is 11.5 Å². The van der Waals surface area contributed by atoms with Gasteiger partial charge < -0.3 is 24.6 Å². The van der Waals surface area contributed by atoms with E-state index < -0.39 is 29.7 Å². The number of aliphatic hydroxyl groups is 1. The minimum Gasteiger partial charge on any atom is -0.507 e. The third-order valence-corrected chi connectivity index (χ3v) is 5.45. The molecule has 3 atom stereocenters. The molecule has 1 unspecified atom stereocenters. The summed E-state index contributed by atoms with van der Waals surface area (Å²) in [6.07, 6.45) is -0.665. The molecular weight excluding hydrogens is 382 g/mol. The molecule has 0 amide bonds. The second-order valence-corrected chi connectivity index (χ2v) is 7.41. The fourth-order valence-corrected chi connectivity index (χ4v) is 3.97. The van der Waals surface area contributed by atoms with E-state index in [1.54, 1.807) is 36.2 Å². The number of hydrogen-bond acceptors (Lipinski definition) is 6. The number of β-amino-alcohol motifs (C(OH)–C–C–N with tert-alkyl or cyclic N) is 1. The minimum atomic E-state index is -1.11. The van der Waals surface area contributed by atoms with Crippen LogP contribution in [0.15, 0.2) is 45.6 Å². The molecule has 0 bridgehead atoms. The van der Waals surface area contributed by atoms with Crippen LogP contribution in [-0.2, 0) is 0 Å². The SMILES string of the molecule is [2H]C1[C@@H](O)[C@@H](c2c(O)cc(O)c3c(=O)cc(-c4ccccc4Cl)oc23)CCN1C. The molecule has 6 nitrogen and oxygen atoms in total. The summed E-state index contributed by atoms with van der Waals surface area (Å²) in [6.45, 7) is -0.373. The van der Waals surface area contributed by atoms with E-state index in [-0.39, 0.29) is 28.0 Å². The predicted molar refractivity (Wildman–Crippen MR) is 107 cm³/mol. The lowest BCUT2D eigenvalue weighted by atomic mass is 9.85. The van der Waals surface area contributed by atoms with Gasteiger partial charge in [-0.05, 0) is 32.1 Å². The minimum absolute atomic E-state index is 0.00859. The fourth-order valence-electron chi connectivity index (χ4n) is 3.74. The van der Waals surface area contributed by atoms with Gasteiger partial charge in [0.1, 0.15) is 28.2 Å². The van der Waals surface area contributed by atoms with Gasteiger partial charge in [-0.25, -0.2) is 0 Å². The van der Waals surface area contributed by atoms with Crippen molar-refractivity contribution in [1.29, 1.82) is 0 Å². The molecule has 2 heterocycles. The molecule has 0 aliphatic carbocycles. The summed E-state index contributed by atoms with van der Waals surface area (Å²) in [5.41, 5.74) is 0.196. The molecule has 7 heteroatoms. The molecule has 1 fully saturated rings. The number of aromatic hydroxyl groups is 2. The summed E-state index contributed by atoms with van der Waals surface area (Å²) >= 11 is 6.24. The van der Waals surface area contributed by atoms with Gasteiger partial charge in [0.2, 0.25) is 0 Å². The molecule has 1 saturated heterocycles. The Balaban J connectivity index is 2.00. The molecule has 2 aromatic carbocycles. The molecule has 3 aromatic rings. The standard InChI is InChI=1S/C21H20ClNO5/c1-23-7-6-12(17(27)10-23)19-14(24)8-15(25)20-16(26)9-18(28-21(19)20)11-4-2-3-5-13(11)22/h2-5,8-9,12,17,24-25,27H,6-7,10H2,1H3/t12-,17+/m0/s1/i10D/t10?,12-,17+. The van der Waals surface area contributed by atoms with Crippen LogP contribution in [0, 0.1) is 0 Å². The van der Waals surface area contributed by atoms with Gasteiger partial charge in [0.25, 0.3) is 0 Å². The van der Waals surface area contributed by atoms with E-state index in [2.05, 4.69) is 0 Å². The first kappa shape index (κ1) is 17.6. The number of fused-ring (bicyclic) bond motifs is 1. The molecule has 0 radical (unpaired) electrons. The monoisotopic (exact) mass is 402 g/mol. The van der Waals surface area contributed by atoms with Gasteiger partial charge in [0.15, 0.2) is 5.43 Å². The zero-order chi connectivity index (χ0) is 20.9. The van der Waals surface area contributed by atoms with Gasteiger partial charge in [-0.2, -0.15) is 0 Å². The van der Waals surface area contributed by atoms with Crippen LogP contribution in [0.3, 0.4) is 0 Å². The summed E-state index contributed by atoms with van der Waals surface area (Å²) in [4.78, 5) is 14.5. The van der Waals surface area contributed by atoms with E-state index in [4.69, 9.17) is 17.4 Å². The van der Waals surface area contributed by atoms with Crippen LogP contribution in [0.2, 0.25) is 5.02 Å². The number of hydrogen-bond donors (Lipinski definition) is 3. The number of phenolic OH excluding ortho intramolecular Hbond substituents is 2. The first-order chi connectivity index (χ1) is 13.8. The van der Waals surface area contributed by atoms with Gasteiger partial charge in [0, 0.05) is 37.1 Å². The summed E-state index contributed by atoms with van der Waals surface area (Å²) < 4.78 is 14.1. The Hall–Kier alpha value is -2.54. The maximum atomic E-state index is 12.8. The van der Waals surface area contributed by atoms with Crippen LogP contribution in [0.4, 0.5) is 0 Å². The quantitative estimate of drug-likeness (QED) is 0.609. The number of piperidine rings is 1. The number of rotatable bonds is 2. The largest absolute Gasteiger partial charge is 0.507 e. The fraction of sp³-hybridized carbons (Fsp3) is 0.286. The summed E-state index contributed by atoms with van der Waals surface area (Å²) in [5, 5.41) is 31.8. The Labute approximate surface area is 167 Å². The third kappa shape index (κ3) is 3.13. The van der Waals surface area contributed by atoms with Crippen molar-refractivity contribution in [3.8, 4) is 22.8 Å². The molecular formula is C21H20ClNO5. The maximum absolute atomic E-state index is 12.8. The highest BCUT2D eigenvalue weighted by atomic mass is 35.5. The lowest BCUT2D eigenvalue weighted by Gasteiger charge is -2.34. The van der Waals surface area contributed by atoms with Crippen molar-refractivity contribution in [2.24, 2.45) is 0 Å². The van der Waals surface area contributed by atoms with Crippen LogP contribution in [-0.4, -0.2) is 46.4 Å². The number of likely N-dealkylation sites (N-methyl/N-ethyl adjacent to an activating group) is 1. The number of nitrogens with zero attached hydrogens (tertiary/aromatic N) is 1. The van der Waals surface area contributed by atoms with Crippen molar-refractivity contribution in [1.82, 2.24) is 4.90 Å². The van der Waals surface area contributed by atoms with Gasteiger partial charge >= 0.3 is 0 Å². The highest BCUT2D eigenvalue weighted by Crippen LogP contribution is 2.42. The van der Waals surface area contributed by atoms with Gasteiger partial charge in [-0.3, -0.25) is 4.79 Å². The zero-order valence-corrected chi connectivity index (χ0v) is 15.8. The van der Waals surface area contributed by atoms with E-state index >= 15 is 0 Å². The summed E-state index contributed by atoms with van der Waals surface area (Å²) in [5.74, 6) is -1.16. The van der Waals surface area contributed by atoms with Gasteiger partial charge in [-0.15, -0.1) is 0 Å². The van der Waals surface area contributed by atoms with Crippen molar-refractivity contribution in [3.05, 3.63) is 57.2 Å². The Morgan fingerprint density at radius 2 is 2.00 bits per heavy atom. The normalized spacial score (nSPS) is 23.7. The Morgan fingerprint density at radius 1 is 1.25 bits per heavy atom. The van der Waals surface area contributed by atoms with E-state index in [1.807, 2.05) is 0 Å².